The minimum Gasteiger partial charge on any atom is -0.467 e. The third kappa shape index (κ3) is 2.03. The highest BCUT2D eigenvalue weighted by Gasteiger charge is 2.50. The highest BCUT2D eigenvalue weighted by atomic mass is 16.5. The van der Waals surface area contributed by atoms with Crippen LogP contribution in [0.5, 0.6) is 0 Å². The highest BCUT2D eigenvalue weighted by Crippen LogP contribution is 2.42. The predicted octanol–water partition coefficient (Wildman–Crippen LogP) is 1.98. The summed E-state index contributed by atoms with van der Waals surface area (Å²) in [6, 6.07) is 0. The Hall–Kier alpha value is -0.570. The first kappa shape index (κ1) is 12.5. The van der Waals surface area contributed by atoms with E-state index in [0.717, 1.165) is 19.3 Å². The zero-order valence-corrected chi connectivity index (χ0v) is 10.1. The highest BCUT2D eigenvalue weighted by molar-refractivity contribution is 5.80. The molecule has 0 saturated heterocycles. The number of aliphatic hydroxyl groups is 1. The molecule has 0 aliphatic heterocycles. The van der Waals surface area contributed by atoms with Gasteiger partial charge in [0.1, 0.15) is 0 Å². The van der Waals surface area contributed by atoms with Crippen molar-refractivity contribution in [2.24, 2.45) is 17.8 Å². The second-order valence-corrected chi connectivity index (χ2v) is 4.99. The van der Waals surface area contributed by atoms with Crippen LogP contribution in [0.15, 0.2) is 0 Å². The van der Waals surface area contributed by atoms with Crippen molar-refractivity contribution in [3.05, 3.63) is 0 Å². The largest absolute Gasteiger partial charge is 0.467 e. The fourth-order valence-corrected chi connectivity index (χ4v) is 2.78. The average Bonchev–Trinajstić information content (AvgIpc) is 2.62. The molecular weight excluding hydrogens is 192 g/mol. The molecule has 3 atom stereocenters. The van der Waals surface area contributed by atoms with Gasteiger partial charge in [0.25, 0.3) is 0 Å². The standard InChI is InChI=1S/C12H22O3/c1-8(2)12(14,11(13)15-4)10-7-5-6-9(10)3/h8-10,14H,5-7H2,1-4H3. The van der Waals surface area contributed by atoms with E-state index < -0.39 is 11.6 Å². The number of carbonyl (C=O) groups excluding carboxylic acids is 1. The van der Waals surface area contributed by atoms with E-state index in [1.165, 1.54) is 7.11 Å². The van der Waals surface area contributed by atoms with Crippen molar-refractivity contribution in [2.45, 2.75) is 45.6 Å². The van der Waals surface area contributed by atoms with Crippen LogP contribution in [-0.4, -0.2) is 23.8 Å². The Morgan fingerprint density at radius 1 is 1.47 bits per heavy atom. The van der Waals surface area contributed by atoms with Crippen molar-refractivity contribution in [1.29, 1.82) is 0 Å². The second-order valence-electron chi connectivity index (χ2n) is 4.99. The van der Waals surface area contributed by atoms with Gasteiger partial charge >= 0.3 is 5.97 Å². The third-order valence-electron chi connectivity index (χ3n) is 3.82. The Bertz CT molecular complexity index is 237. The number of carbonyl (C=O) groups is 1. The van der Waals surface area contributed by atoms with Gasteiger partial charge in [-0.1, -0.05) is 33.6 Å². The van der Waals surface area contributed by atoms with E-state index in [1.54, 1.807) is 0 Å². The van der Waals surface area contributed by atoms with Crippen LogP contribution in [0.2, 0.25) is 0 Å². The quantitative estimate of drug-likeness (QED) is 0.731. The number of hydrogen-bond donors (Lipinski definition) is 1. The molecule has 3 heteroatoms. The van der Waals surface area contributed by atoms with Crippen molar-refractivity contribution in [3.8, 4) is 0 Å². The molecule has 15 heavy (non-hydrogen) atoms. The van der Waals surface area contributed by atoms with Gasteiger partial charge in [-0.2, -0.15) is 0 Å². The first-order valence-corrected chi connectivity index (χ1v) is 5.75. The van der Waals surface area contributed by atoms with Gasteiger partial charge < -0.3 is 9.84 Å². The van der Waals surface area contributed by atoms with Gasteiger partial charge in [0.05, 0.1) is 7.11 Å². The molecular formula is C12H22O3. The van der Waals surface area contributed by atoms with Crippen LogP contribution in [0.4, 0.5) is 0 Å². The molecule has 0 aromatic heterocycles. The minimum absolute atomic E-state index is 0.0462. The summed E-state index contributed by atoms with van der Waals surface area (Å²) >= 11 is 0. The molecule has 0 radical (unpaired) electrons. The lowest BCUT2D eigenvalue weighted by Crippen LogP contribution is -2.51. The van der Waals surface area contributed by atoms with Crippen LogP contribution >= 0.6 is 0 Å². The molecule has 3 nitrogen and oxygen atoms in total. The molecule has 0 spiro atoms. The zero-order valence-electron chi connectivity index (χ0n) is 10.1. The lowest BCUT2D eigenvalue weighted by atomic mass is 9.74. The Balaban J connectivity index is 2.95. The summed E-state index contributed by atoms with van der Waals surface area (Å²) in [6.07, 6.45) is 3.11. The van der Waals surface area contributed by atoms with Gasteiger partial charge in [-0.25, -0.2) is 4.79 Å². The molecule has 0 heterocycles. The Morgan fingerprint density at radius 3 is 2.40 bits per heavy atom. The van der Waals surface area contributed by atoms with E-state index in [4.69, 9.17) is 4.74 Å². The van der Waals surface area contributed by atoms with Crippen molar-refractivity contribution < 1.29 is 14.6 Å². The summed E-state index contributed by atoms with van der Waals surface area (Å²) < 4.78 is 4.75. The van der Waals surface area contributed by atoms with Gasteiger partial charge in [0.2, 0.25) is 0 Å². The molecule has 1 rings (SSSR count). The fourth-order valence-electron chi connectivity index (χ4n) is 2.78. The van der Waals surface area contributed by atoms with Gasteiger partial charge in [-0.3, -0.25) is 0 Å². The van der Waals surface area contributed by atoms with Gasteiger partial charge in [0, 0.05) is 5.92 Å². The van der Waals surface area contributed by atoms with Crippen LogP contribution in [0.25, 0.3) is 0 Å². The Kier molecular flexibility index (Phi) is 3.77. The molecule has 0 aromatic carbocycles. The molecule has 0 aromatic rings. The smallest absolute Gasteiger partial charge is 0.338 e. The Morgan fingerprint density at radius 2 is 2.07 bits per heavy atom. The molecule has 0 amide bonds. The van der Waals surface area contributed by atoms with Crippen LogP contribution in [-0.2, 0) is 9.53 Å². The van der Waals surface area contributed by atoms with E-state index >= 15 is 0 Å². The molecule has 1 aliphatic rings. The van der Waals surface area contributed by atoms with Crippen molar-refractivity contribution in [2.75, 3.05) is 7.11 Å². The number of ether oxygens (including phenoxy) is 1. The first-order valence-electron chi connectivity index (χ1n) is 5.75. The van der Waals surface area contributed by atoms with E-state index in [2.05, 4.69) is 6.92 Å². The van der Waals surface area contributed by atoms with Crippen LogP contribution in [0.3, 0.4) is 0 Å². The summed E-state index contributed by atoms with van der Waals surface area (Å²) in [4.78, 5) is 11.7. The number of rotatable bonds is 3. The second kappa shape index (κ2) is 4.52. The van der Waals surface area contributed by atoms with E-state index in [-0.39, 0.29) is 11.8 Å². The maximum Gasteiger partial charge on any atom is 0.338 e. The van der Waals surface area contributed by atoms with Crippen molar-refractivity contribution in [3.63, 3.8) is 0 Å². The summed E-state index contributed by atoms with van der Waals surface area (Å²) in [5.74, 6) is -0.131. The SMILES string of the molecule is COC(=O)C(O)(C(C)C)C1CCCC1C. The topological polar surface area (TPSA) is 46.5 Å². The monoisotopic (exact) mass is 214 g/mol. The summed E-state index contributed by atoms with van der Waals surface area (Å²) in [5, 5.41) is 10.6. The number of esters is 1. The van der Waals surface area contributed by atoms with Gasteiger partial charge in [-0.15, -0.1) is 0 Å². The van der Waals surface area contributed by atoms with Crippen molar-refractivity contribution in [1.82, 2.24) is 0 Å². The van der Waals surface area contributed by atoms with Crippen LogP contribution < -0.4 is 0 Å². The molecule has 1 aliphatic carbocycles. The number of hydrogen-bond acceptors (Lipinski definition) is 3. The summed E-state index contributed by atoms with van der Waals surface area (Å²) in [5.41, 5.74) is -1.30. The Labute approximate surface area is 91.8 Å². The molecule has 88 valence electrons. The van der Waals surface area contributed by atoms with Gasteiger partial charge in [0.15, 0.2) is 5.60 Å². The maximum atomic E-state index is 11.7. The minimum atomic E-state index is -1.30. The zero-order chi connectivity index (χ0) is 11.6. The predicted molar refractivity (Wildman–Crippen MR) is 58.3 cm³/mol. The van der Waals surface area contributed by atoms with Gasteiger partial charge in [-0.05, 0) is 18.3 Å². The van der Waals surface area contributed by atoms with Crippen LogP contribution in [0, 0.1) is 17.8 Å². The molecule has 1 fully saturated rings. The number of methoxy groups -OCH3 is 1. The first-order chi connectivity index (χ1) is 6.94. The van der Waals surface area contributed by atoms with E-state index in [0.29, 0.717) is 5.92 Å². The van der Waals surface area contributed by atoms with Crippen molar-refractivity contribution >= 4 is 5.97 Å². The lowest BCUT2D eigenvalue weighted by molar-refractivity contribution is -0.177. The molecule has 1 N–H and O–H groups in total. The van der Waals surface area contributed by atoms with E-state index in [1.807, 2.05) is 13.8 Å². The molecule has 1 saturated carbocycles. The summed E-state index contributed by atoms with van der Waals surface area (Å²) in [7, 11) is 1.34. The lowest BCUT2D eigenvalue weighted by Gasteiger charge is -2.37. The third-order valence-corrected chi connectivity index (χ3v) is 3.82. The van der Waals surface area contributed by atoms with E-state index in [9.17, 15) is 9.90 Å². The normalized spacial score (nSPS) is 30.3. The maximum absolute atomic E-state index is 11.7. The molecule has 3 unspecified atom stereocenters. The fraction of sp³-hybridized carbons (Fsp3) is 0.917. The summed E-state index contributed by atoms with van der Waals surface area (Å²) in [6.45, 7) is 5.86. The average molecular weight is 214 g/mol. The van der Waals surface area contributed by atoms with Crippen LogP contribution in [0.1, 0.15) is 40.0 Å². The molecule has 0 bridgehead atoms.